The third-order valence-corrected chi connectivity index (χ3v) is 4.15. The maximum atomic E-state index is 12.3. The average molecular weight is 397 g/mol. The first-order valence-electron chi connectivity index (χ1n) is 7.80. The van der Waals surface area contributed by atoms with Crippen LogP contribution in [0.15, 0.2) is 30.6 Å². The topological polar surface area (TPSA) is 100 Å². The summed E-state index contributed by atoms with van der Waals surface area (Å²) < 4.78 is 29.6. The second-order valence-electron chi connectivity index (χ2n) is 5.65. The molecular weight excluding hydrogens is 382 g/mol. The number of aromatic amines is 1. The second kappa shape index (κ2) is 7.85. The zero-order chi connectivity index (χ0) is 19.6. The van der Waals surface area contributed by atoms with Crippen LogP contribution in [0.1, 0.15) is 5.69 Å². The summed E-state index contributed by atoms with van der Waals surface area (Å²) in [5.41, 5.74) is 2.47. The van der Waals surface area contributed by atoms with Gasteiger partial charge in [0.25, 0.3) is 12.3 Å². The highest BCUT2D eigenvalue weighted by Crippen LogP contribution is 2.31. The summed E-state index contributed by atoms with van der Waals surface area (Å²) in [7, 11) is 1.49. The summed E-state index contributed by atoms with van der Waals surface area (Å²) in [6.45, 7) is -0.0490. The van der Waals surface area contributed by atoms with Crippen molar-refractivity contribution in [1.82, 2.24) is 20.3 Å². The van der Waals surface area contributed by atoms with E-state index in [0.29, 0.717) is 33.4 Å². The van der Waals surface area contributed by atoms with Crippen LogP contribution >= 0.6 is 11.6 Å². The van der Waals surface area contributed by atoms with Crippen LogP contribution in [0.3, 0.4) is 0 Å². The zero-order valence-electron chi connectivity index (χ0n) is 14.0. The Balaban J connectivity index is 1.82. The molecule has 0 saturated heterocycles. The number of amides is 1. The fourth-order valence-electron chi connectivity index (χ4n) is 2.47. The summed E-state index contributed by atoms with van der Waals surface area (Å²) in [4.78, 5) is 22.8. The molecule has 1 atom stereocenters. The molecule has 0 unspecified atom stereocenters. The molecule has 0 aliphatic rings. The number of benzene rings is 1. The van der Waals surface area contributed by atoms with E-state index < -0.39 is 18.4 Å². The molecule has 0 bridgehead atoms. The number of halogens is 3. The van der Waals surface area contributed by atoms with Crippen LogP contribution in [0.4, 0.5) is 8.78 Å². The molecule has 3 aromatic rings. The Hall–Kier alpha value is -2.78. The molecule has 0 saturated carbocycles. The average Bonchev–Trinajstić information content (AvgIpc) is 3.06. The van der Waals surface area contributed by atoms with Crippen molar-refractivity contribution in [1.29, 1.82) is 0 Å². The van der Waals surface area contributed by atoms with Gasteiger partial charge in [-0.25, -0.2) is 18.7 Å². The minimum atomic E-state index is -3.14. The van der Waals surface area contributed by atoms with Crippen LogP contribution in [0.5, 0.6) is 5.88 Å². The lowest BCUT2D eigenvalue weighted by Gasteiger charge is -2.09. The Morgan fingerprint density at radius 2 is 2.11 bits per heavy atom. The van der Waals surface area contributed by atoms with Gasteiger partial charge in [-0.05, 0) is 18.2 Å². The Morgan fingerprint density at radius 1 is 1.33 bits per heavy atom. The monoisotopic (exact) mass is 396 g/mol. The molecule has 27 heavy (non-hydrogen) atoms. The largest absolute Gasteiger partial charge is 0.480 e. The highest BCUT2D eigenvalue weighted by Gasteiger charge is 2.25. The number of H-pyrrole nitrogens is 1. The summed E-state index contributed by atoms with van der Waals surface area (Å²) in [6, 6.07) is 5.21. The molecule has 3 rings (SSSR count). The van der Waals surface area contributed by atoms with Crippen molar-refractivity contribution in [3.63, 3.8) is 0 Å². The number of alkyl halides is 2. The van der Waals surface area contributed by atoms with Crippen LogP contribution < -0.4 is 10.1 Å². The van der Waals surface area contributed by atoms with Crippen molar-refractivity contribution in [3.05, 3.63) is 41.3 Å². The molecule has 0 aliphatic heterocycles. The van der Waals surface area contributed by atoms with Crippen molar-refractivity contribution in [3.8, 4) is 17.1 Å². The van der Waals surface area contributed by atoms with Gasteiger partial charge in [-0.1, -0.05) is 11.6 Å². The molecule has 2 heterocycles. The number of carbonyl (C=O) groups is 1. The summed E-state index contributed by atoms with van der Waals surface area (Å²) >= 11 is 6.33. The van der Waals surface area contributed by atoms with Crippen LogP contribution in [-0.4, -0.2) is 45.6 Å². The molecule has 1 amide bonds. The van der Waals surface area contributed by atoms with E-state index in [1.165, 1.54) is 19.5 Å². The Labute approximate surface area is 157 Å². The molecule has 0 radical (unpaired) electrons. The summed E-state index contributed by atoms with van der Waals surface area (Å²) in [5.74, 6) is -0.768. The van der Waals surface area contributed by atoms with E-state index in [2.05, 4.69) is 20.3 Å². The number of ether oxygens (including phenoxy) is 1. The van der Waals surface area contributed by atoms with Gasteiger partial charge in [0.2, 0.25) is 5.88 Å². The van der Waals surface area contributed by atoms with E-state index in [9.17, 15) is 13.6 Å². The van der Waals surface area contributed by atoms with Crippen LogP contribution in [0.25, 0.3) is 22.2 Å². The number of aliphatic hydroxyl groups is 1. The first kappa shape index (κ1) is 19.0. The van der Waals surface area contributed by atoms with Gasteiger partial charge < -0.3 is 20.1 Å². The van der Waals surface area contributed by atoms with E-state index in [0.717, 1.165) is 5.39 Å². The highest BCUT2D eigenvalue weighted by molar-refractivity contribution is 6.34. The van der Waals surface area contributed by atoms with Crippen LogP contribution in [-0.2, 0) is 11.3 Å². The molecular formula is C17H15ClF2N4O3. The molecule has 0 spiro atoms. The SMILES string of the molecule is COc1cnc(-c2cc3[nH]c(CNC(=O)[C@@H](O)C(F)F)cc3cc2Cl)cn1. The molecule has 2 aromatic heterocycles. The molecule has 10 heteroatoms. The van der Waals surface area contributed by atoms with Gasteiger partial charge in [-0.2, -0.15) is 0 Å². The fraction of sp³-hybridized carbons (Fsp3) is 0.235. The summed E-state index contributed by atoms with van der Waals surface area (Å²) in [5, 5.41) is 12.5. The maximum absolute atomic E-state index is 12.3. The Bertz CT molecular complexity index is 963. The number of hydrogen-bond donors (Lipinski definition) is 3. The normalized spacial score (nSPS) is 12.4. The van der Waals surface area contributed by atoms with E-state index in [1.54, 1.807) is 18.2 Å². The molecule has 7 nitrogen and oxygen atoms in total. The number of hydrogen-bond acceptors (Lipinski definition) is 5. The van der Waals surface area contributed by atoms with Crippen LogP contribution in [0, 0.1) is 0 Å². The van der Waals surface area contributed by atoms with E-state index in [4.69, 9.17) is 21.4 Å². The first-order chi connectivity index (χ1) is 12.9. The predicted molar refractivity (Wildman–Crippen MR) is 94.7 cm³/mol. The lowest BCUT2D eigenvalue weighted by Crippen LogP contribution is -2.38. The molecule has 0 aliphatic carbocycles. The van der Waals surface area contributed by atoms with Crippen molar-refractivity contribution in [2.24, 2.45) is 0 Å². The standard InChI is InChI=1S/C17H15ClF2N4O3/c1-27-14-7-21-13(6-22-14)10-4-12-8(3-11(10)18)2-9(24-12)5-23-17(26)15(25)16(19)20/h2-4,6-7,15-16,24-25H,5H2,1H3,(H,23,26)/t15-/m0/s1. The quantitative estimate of drug-likeness (QED) is 0.594. The number of aliphatic hydroxyl groups excluding tert-OH is 1. The lowest BCUT2D eigenvalue weighted by molar-refractivity contribution is -0.137. The van der Waals surface area contributed by atoms with E-state index in [1.807, 2.05) is 0 Å². The van der Waals surface area contributed by atoms with Gasteiger partial charge in [-0.3, -0.25) is 4.79 Å². The van der Waals surface area contributed by atoms with Gasteiger partial charge in [0.05, 0.1) is 36.8 Å². The predicted octanol–water partition coefficient (Wildman–Crippen LogP) is 2.53. The third kappa shape index (κ3) is 4.15. The number of methoxy groups -OCH3 is 1. The minimum absolute atomic E-state index is 0.0490. The van der Waals surface area contributed by atoms with Crippen molar-refractivity contribution in [2.45, 2.75) is 19.1 Å². The van der Waals surface area contributed by atoms with Crippen molar-refractivity contribution < 1.29 is 23.4 Å². The Morgan fingerprint density at radius 3 is 2.74 bits per heavy atom. The number of rotatable bonds is 6. The fourth-order valence-corrected chi connectivity index (χ4v) is 2.74. The van der Waals surface area contributed by atoms with Crippen molar-refractivity contribution in [2.75, 3.05) is 7.11 Å². The lowest BCUT2D eigenvalue weighted by atomic mass is 10.1. The van der Waals surface area contributed by atoms with E-state index >= 15 is 0 Å². The number of nitrogens with zero attached hydrogens (tertiary/aromatic N) is 2. The molecule has 0 fully saturated rings. The van der Waals surface area contributed by atoms with E-state index in [-0.39, 0.29) is 6.54 Å². The smallest absolute Gasteiger partial charge is 0.273 e. The third-order valence-electron chi connectivity index (χ3n) is 3.84. The maximum Gasteiger partial charge on any atom is 0.273 e. The first-order valence-corrected chi connectivity index (χ1v) is 8.18. The number of nitrogens with one attached hydrogen (secondary N) is 2. The second-order valence-corrected chi connectivity index (χ2v) is 6.06. The number of aromatic nitrogens is 3. The van der Waals surface area contributed by atoms with Gasteiger partial charge in [0, 0.05) is 22.2 Å². The zero-order valence-corrected chi connectivity index (χ0v) is 14.8. The highest BCUT2D eigenvalue weighted by atomic mass is 35.5. The van der Waals surface area contributed by atoms with Gasteiger partial charge >= 0.3 is 0 Å². The van der Waals surface area contributed by atoms with Gasteiger partial charge in [-0.15, -0.1) is 0 Å². The minimum Gasteiger partial charge on any atom is -0.480 e. The van der Waals surface area contributed by atoms with Crippen LogP contribution in [0.2, 0.25) is 5.02 Å². The van der Waals surface area contributed by atoms with Crippen molar-refractivity contribution >= 4 is 28.4 Å². The Kier molecular flexibility index (Phi) is 5.52. The number of fused-ring (bicyclic) bond motifs is 1. The van der Waals surface area contributed by atoms with Gasteiger partial charge in [0.1, 0.15) is 0 Å². The molecule has 142 valence electrons. The summed E-state index contributed by atoms with van der Waals surface area (Å²) in [6.07, 6.45) is -2.50. The molecule has 1 aromatic carbocycles. The molecule has 3 N–H and O–H groups in total. The van der Waals surface area contributed by atoms with Gasteiger partial charge in [0.15, 0.2) is 6.10 Å². The number of carbonyl (C=O) groups excluding carboxylic acids is 1.